The molecule has 12 rings (SSSR count). The summed E-state index contributed by atoms with van der Waals surface area (Å²) < 4.78 is 12.3. The van der Waals surface area contributed by atoms with E-state index in [1.54, 1.807) is 39.8 Å². The Bertz CT molecular complexity index is 2530. The summed E-state index contributed by atoms with van der Waals surface area (Å²) in [7, 11) is 0. The molecule has 0 amide bonds. The number of rotatable bonds is 2. The lowest BCUT2D eigenvalue weighted by atomic mass is 9.42. The summed E-state index contributed by atoms with van der Waals surface area (Å²) in [6.45, 7) is 15.5. The van der Waals surface area contributed by atoms with Gasteiger partial charge in [0.15, 0.2) is 11.6 Å². The van der Waals surface area contributed by atoms with E-state index in [1.165, 1.54) is 33.3 Å². The minimum Gasteiger partial charge on any atom is -0.387 e. The summed E-state index contributed by atoms with van der Waals surface area (Å²) in [5.41, 5.74) is 3.05. The van der Waals surface area contributed by atoms with Gasteiger partial charge in [0.05, 0.1) is 34.6 Å². The number of fused-ring (bicyclic) bond motifs is 18. The van der Waals surface area contributed by atoms with E-state index in [4.69, 9.17) is 9.47 Å². The first-order valence-corrected chi connectivity index (χ1v) is 23.9. The lowest BCUT2D eigenvalue weighted by molar-refractivity contribution is -0.195. The molecule has 4 aromatic rings. The number of hydrogen-bond acceptors (Lipinski definition) is 8. The maximum atomic E-state index is 13.0. The first-order valence-electron chi connectivity index (χ1n) is 23.9. The Balaban J connectivity index is 0.000000143. The van der Waals surface area contributed by atoms with Gasteiger partial charge in [-0.1, -0.05) is 64.1 Å². The predicted molar refractivity (Wildman–Crippen MR) is 245 cm³/mol. The topological polar surface area (TPSA) is 165 Å². The normalized spacial score (nSPS) is 41.0. The predicted octanol–water partition coefficient (Wildman–Crippen LogP) is 7.91. The first-order chi connectivity index (χ1) is 30.0. The zero-order valence-corrected chi connectivity index (χ0v) is 38.7. The lowest BCUT2D eigenvalue weighted by Crippen LogP contribution is -2.68. The molecule has 6 N–H and O–H groups in total. The van der Waals surface area contributed by atoms with Crippen LogP contribution in [0.5, 0.6) is 0 Å². The van der Waals surface area contributed by atoms with Gasteiger partial charge in [0.25, 0.3) is 0 Å². The molecule has 0 saturated heterocycles. The number of aromatic amines is 2. The lowest BCUT2D eigenvalue weighted by Gasteiger charge is -2.64. The van der Waals surface area contributed by atoms with Crippen molar-refractivity contribution in [3.05, 3.63) is 94.3 Å². The molecule has 2 aromatic heterocycles. The quantitative estimate of drug-likeness (QED) is 0.118. The van der Waals surface area contributed by atoms with E-state index in [1.807, 2.05) is 0 Å². The molecule has 2 aromatic carbocycles. The third-order valence-corrected chi connectivity index (χ3v) is 19.5. The number of H-pyrrole nitrogens is 2. The van der Waals surface area contributed by atoms with Crippen LogP contribution >= 0.6 is 0 Å². The first kappa shape index (κ1) is 42.7. The van der Waals surface area contributed by atoms with E-state index in [9.17, 15) is 30.0 Å². The molecule has 2 aliphatic heterocycles. The van der Waals surface area contributed by atoms with Crippen LogP contribution in [0.4, 0.5) is 0 Å². The van der Waals surface area contributed by atoms with Gasteiger partial charge >= 0.3 is 0 Å². The largest absolute Gasteiger partial charge is 0.387 e. The molecule has 340 valence electrons. The second kappa shape index (κ2) is 13.4. The Morgan fingerprint density at radius 2 is 0.953 bits per heavy atom. The van der Waals surface area contributed by atoms with Gasteiger partial charge in [0.1, 0.15) is 12.2 Å². The minimum atomic E-state index is -1.25. The van der Waals surface area contributed by atoms with Gasteiger partial charge in [-0.05, 0) is 150 Å². The van der Waals surface area contributed by atoms with Crippen LogP contribution in [-0.2, 0) is 42.7 Å². The number of aromatic nitrogens is 2. The van der Waals surface area contributed by atoms with Gasteiger partial charge < -0.3 is 39.9 Å². The zero-order chi connectivity index (χ0) is 45.4. The number of ketones is 2. The minimum absolute atomic E-state index is 0.226. The van der Waals surface area contributed by atoms with E-state index in [-0.39, 0.29) is 34.6 Å². The van der Waals surface area contributed by atoms with E-state index in [2.05, 4.69) is 86.2 Å². The highest BCUT2D eigenvalue weighted by atomic mass is 16.5. The molecule has 6 aliphatic carbocycles. The molecule has 0 unspecified atom stereocenters. The summed E-state index contributed by atoms with van der Waals surface area (Å²) in [6.07, 6.45) is 9.03. The van der Waals surface area contributed by atoms with Crippen LogP contribution in [0.2, 0.25) is 0 Å². The van der Waals surface area contributed by atoms with Crippen molar-refractivity contribution in [1.82, 2.24) is 9.97 Å². The van der Waals surface area contributed by atoms with Crippen molar-refractivity contribution in [2.24, 2.45) is 22.7 Å². The maximum absolute atomic E-state index is 13.0. The van der Waals surface area contributed by atoms with Crippen molar-refractivity contribution in [3.63, 3.8) is 0 Å². The fourth-order valence-corrected chi connectivity index (χ4v) is 15.6. The number of aliphatic hydroxyl groups is 4. The van der Waals surface area contributed by atoms with Crippen LogP contribution in [0, 0.1) is 22.7 Å². The second-order valence-electron chi connectivity index (χ2n) is 23.1. The standard InChI is InChI=1S/2C27H33NO4/c2*1-24(2,30)23-20(29)14-18-21(32-23)10-11-25(3)26(4)15(9-12-27(18,25)31)13-17-16-7-5-6-8-19(16)28-22(17)26/h2*5-8,14-15,21,23,28,30-31H,9-13H2,1-4H3/t2*15-,21-,23-,25+,26+,27+/m00/s1. The number of nitrogens with one attached hydrogen (secondary N) is 2. The van der Waals surface area contributed by atoms with Crippen LogP contribution in [0.1, 0.15) is 129 Å². The number of carbonyl (C=O) groups excluding carboxylic acids is 2. The molecular weight excluding hydrogens is 805 g/mol. The van der Waals surface area contributed by atoms with Gasteiger partial charge in [-0.15, -0.1) is 0 Å². The van der Waals surface area contributed by atoms with Gasteiger partial charge in [0, 0.05) is 54.9 Å². The third kappa shape index (κ3) is 5.24. The SMILES string of the molecule is CC(C)(O)[C@H]1O[C@H]2CC[C@@]3(C)[C@@](O)(CC[C@H]4Cc5c([nH]c6ccccc56)[C@@]43C)C2=CC1=O.CC(C)(O)[C@H]1O[C@H]2CC[C@@]3(C)[C@@](O)(CC[C@H]4Cc5c([nH]c6ccccc56)[C@@]43C)C2=CC1=O. The maximum Gasteiger partial charge on any atom is 0.187 e. The number of carbonyl (C=O) groups is 2. The molecule has 4 saturated carbocycles. The van der Waals surface area contributed by atoms with Crippen molar-refractivity contribution in [3.8, 4) is 0 Å². The molecular formula is C54H66N2O8. The van der Waals surface area contributed by atoms with Crippen LogP contribution in [0.3, 0.4) is 0 Å². The van der Waals surface area contributed by atoms with E-state index < -0.39 is 45.4 Å². The van der Waals surface area contributed by atoms with Crippen molar-refractivity contribution in [2.45, 2.75) is 177 Å². The molecule has 12 atom stereocenters. The fraction of sp³-hybridized carbons (Fsp3) is 0.593. The molecule has 4 fully saturated rings. The van der Waals surface area contributed by atoms with E-state index in [0.29, 0.717) is 24.7 Å². The van der Waals surface area contributed by atoms with Gasteiger partial charge in [-0.2, -0.15) is 0 Å². The summed E-state index contributed by atoms with van der Waals surface area (Å²) in [5, 5.41) is 48.3. The Morgan fingerprint density at radius 1 is 0.578 bits per heavy atom. The summed E-state index contributed by atoms with van der Waals surface area (Å²) >= 11 is 0. The Hall–Kier alpha value is -3.90. The highest BCUT2D eigenvalue weighted by Gasteiger charge is 2.72. The summed E-state index contributed by atoms with van der Waals surface area (Å²) in [5.74, 6) is 0.429. The van der Waals surface area contributed by atoms with Gasteiger partial charge in [-0.3, -0.25) is 9.59 Å². The zero-order valence-electron chi connectivity index (χ0n) is 38.7. The van der Waals surface area contributed by atoms with Crippen LogP contribution in [0.15, 0.2) is 71.8 Å². The Labute approximate surface area is 375 Å². The van der Waals surface area contributed by atoms with Crippen LogP contribution in [-0.4, -0.2) is 88.8 Å². The Kier molecular flexibility index (Phi) is 8.93. The van der Waals surface area contributed by atoms with Gasteiger partial charge in [0.2, 0.25) is 0 Å². The molecule has 8 aliphatic rings. The number of benzene rings is 2. The van der Waals surface area contributed by atoms with Crippen LogP contribution in [0.25, 0.3) is 21.8 Å². The summed E-state index contributed by atoms with van der Waals surface area (Å²) in [4.78, 5) is 33.4. The monoisotopic (exact) mass is 870 g/mol. The molecule has 0 radical (unpaired) electrons. The molecule has 0 spiro atoms. The smallest absolute Gasteiger partial charge is 0.187 e. The second-order valence-corrected chi connectivity index (χ2v) is 23.1. The van der Waals surface area contributed by atoms with Crippen molar-refractivity contribution < 1.29 is 39.5 Å². The van der Waals surface area contributed by atoms with Gasteiger partial charge in [-0.25, -0.2) is 0 Å². The van der Waals surface area contributed by atoms with E-state index >= 15 is 0 Å². The molecule has 10 heteroatoms. The number of hydrogen-bond donors (Lipinski definition) is 6. The van der Waals surface area contributed by atoms with Crippen molar-refractivity contribution in [1.29, 1.82) is 0 Å². The highest BCUT2D eigenvalue weighted by Crippen LogP contribution is 2.71. The van der Waals surface area contributed by atoms with Crippen molar-refractivity contribution in [2.75, 3.05) is 0 Å². The number of ether oxygens (including phenoxy) is 2. The highest BCUT2D eigenvalue weighted by molar-refractivity contribution is 5.97. The Morgan fingerprint density at radius 3 is 1.33 bits per heavy atom. The molecule has 4 heterocycles. The molecule has 10 nitrogen and oxygen atoms in total. The average Bonchev–Trinajstić information content (AvgIpc) is 3.96. The molecule has 0 bridgehead atoms. The van der Waals surface area contributed by atoms with Crippen molar-refractivity contribution >= 4 is 33.4 Å². The summed E-state index contributed by atoms with van der Waals surface area (Å²) in [6, 6.07) is 17.0. The van der Waals surface area contributed by atoms with E-state index in [0.717, 1.165) is 73.5 Å². The number of para-hydroxylation sites is 2. The third-order valence-electron chi connectivity index (χ3n) is 19.5. The molecule has 64 heavy (non-hydrogen) atoms. The average molecular weight is 871 g/mol. The fourth-order valence-electron chi connectivity index (χ4n) is 15.6. The van der Waals surface area contributed by atoms with Crippen LogP contribution < -0.4 is 0 Å².